The largest absolute Gasteiger partial charge is 0.494 e. The monoisotopic (exact) mass is 471 g/mol. The summed E-state index contributed by atoms with van der Waals surface area (Å²) in [6.45, 7) is 3.80. The van der Waals surface area contributed by atoms with Gasteiger partial charge < -0.3 is 9.64 Å². The first-order valence-corrected chi connectivity index (χ1v) is 12.2. The topological polar surface area (TPSA) is 62.7 Å². The molecule has 5 rings (SSSR count). The lowest BCUT2D eigenvalue weighted by Gasteiger charge is -2.21. The van der Waals surface area contributed by atoms with Crippen molar-refractivity contribution in [1.29, 1.82) is 0 Å². The predicted octanol–water partition coefficient (Wildman–Crippen LogP) is 5.80. The number of fused-ring (bicyclic) bond motifs is 1. The molecule has 1 aliphatic heterocycles. The van der Waals surface area contributed by atoms with E-state index in [1.165, 1.54) is 11.3 Å². The van der Waals surface area contributed by atoms with Gasteiger partial charge in [-0.2, -0.15) is 0 Å². The van der Waals surface area contributed by atoms with Gasteiger partial charge in [-0.1, -0.05) is 35.6 Å². The maximum absolute atomic E-state index is 13.9. The average Bonchev–Trinajstić information content (AvgIpc) is 3.46. The van der Waals surface area contributed by atoms with Crippen molar-refractivity contribution in [2.75, 3.05) is 18.1 Å². The number of hydrogen-bond donors (Lipinski definition) is 0. The second-order valence-corrected chi connectivity index (χ2v) is 9.16. The minimum atomic E-state index is -0.169. The molecular weight excluding hydrogens is 446 g/mol. The van der Waals surface area contributed by atoms with Crippen LogP contribution < -0.4 is 9.64 Å². The van der Waals surface area contributed by atoms with Gasteiger partial charge in [0.15, 0.2) is 5.13 Å². The van der Waals surface area contributed by atoms with Crippen molar-refractivity contribution in [2.45, 2.75) is 26.3 Å². The van der Waals surface area contributed by atoms with Gasteiger partial charge in [-0.15, -0.1) is 0 Å². The van der Waals surface area contributed by atoms with Crippen molar-refractivity contribution >= 4 is 44.2 Å². The molecule has 0 saturated carbocycles. The third-order valence-electron chi connectivity index (χ3n) is 5.80. The highest BCUT2D eigenvalue weighted by atomic mass is 32.1. The van der Waals surface area contributed by atoms with Crippen LogP contribution in [0.2, 0.25) is 0 Å². The third-order valence-corrected chi connectivity index (χ3v) is 6.82. The SMILES string of the molecule is CCOc1ccc(N(C(=O)c2cccc(CN3CCCC3=O)c2)c2nc3ccccc3s2)cc1. The van der Waals surface area contributed by atoms with Gasteiger partial charge in [0.2, 0.25) is 5.91 Å². The van der Waals surface area contributed by atoms with Crippen molar-refractivity contribution in [1.82, 2.24) is 9.88 Å². The lowest BCUT2D eigenvalue weighted by molar-refractivity contribution is -0.128. The van der Waals surface area contributed by atoms with E-state index in [-0.39, 0.29) is 11.8 Å². The van der Waals surface area contributed by atoms with Crippen LogP contribution in [0.3, 0.4) is 0 Å². The van der Waals surface area contributed by atoms with E-state index < -0.39 is 0 Å². The van der Waals surface area contributed by atoms with Gasteiger partial charge in [-0.25, -0.2) is 4.98 Å². The lowest BCUT2D eigenvalue weighted by Crippen LogP contribution is -2.27. The summed E-state index contributed by atoms with van der Waals surface area (Å²) in [5.41, 5.74) is 3.06. The molecule has 2 heterocycles. The molecule has 2 amide bonds. The molecule has 0 unspecified atom stereocenters. The van der Waals surface area contributed by atoms with E-state index in [0.717, 1.165) is 34.5 Å². The van der Waals surface area contributed by atoms with Gasteiger partial charge in [-0.3, -0.25) is 14.5 Å². The number of amides is 2. The number of nitrogens with zero attached hydrogens (tertiary/aromatic N) is 3. The summed E-state index contributed by atoms with van der Waals surface area (Å²) in [5, 5.41) is 0.607. The second kappa shape index (κ2) is 9.65. The lowest BCUT2D eigenvalue weighted by atomic mass is 10.1. The highest BCUT2D eigenvalue weighted by Crippen LogP contribution is 2.35. The van der Waals surface area contributed by atoms with Gasteiger partial charge in [0.25, 0.3) is 5.91 Å². The number of hydrogen-bond acceptors (Lipinski definition) is 5. The van der Waals surface area contributed by atoms with Crippen molar-refractivity contribution in [3.8, 4) is 5.75 Å². The highest BCUT2D eigenvalue weighted by Gasteiger charge is 2.25. The molecule has 1 saturated heterocycles. The highest BCUT2D eigenvalue weighted by molar-refractivity contribution is 7.22. The van der Waals surface area contributed by atoms with Gasteiger partial charge in [0.1, 0.15) is 5.75 Å². The van der Waals surface area contributed by atoms with Crippen molar-refractivity contribution in [3.05, 3.63) is 83.9 Å². The van der Waals surface area contributed by atoms with E-state index in [0.29, 0.717) is 36.0 Å². The first-order valence-electron chi connectivity index (χ1n) is 11.4. The number of carbonyl (C=O) groups is 2. The Morgan fingerprint density at radius 3 is 2.65 bits per heavy atom. The van der Waals surface area contributed by atoms with Crippen LogP contribution in [-0.4, -0.2) is 34.8 Å². The van der Waals surface area contributed by atoms with E-state index in [1.54, 1.807) is 4.90 Å². The van der Waals surface area contributed by atoms with Crippen LogP contribution in [0.4, 0.5) is 10.8 Å². The van der Waals surface area contributed by atoms with E-state index in [2.05, 4.69) is 0 Å². The van der Waals surface area contributed by atoms with Crippen molar-refractivity contribution in [2.24, 2.45) is 0 Å². The molecule has 3 aromatic carbocycles. The summed E-state index contributed by atoms with van der Waals surface area (Å²) < 4.78 is 6.59. The number of thiazole rings is 1. The van der Waals surface area contributed by atoms with Crippen LogP contribution in [0.15, 0.2) is 72.8 Å². The molecule has 34 heavy (non-hydrogen) atoms. The number of carbonyl (C=O) groups excluding carboxylic acids is 2. The predicted molar refractivity (Wildman–Crippen MR) is 135 cm³/mol. The minimum Gasteiger partial charge on any atom is -0.494 e. The zero-order chi connectivity index (χ0) is 23.5. The number of likely N-dealkylation sites (tertiary alicyclic amines) is 1. The molecule has 0 bridgehead atoms. The summed E-state index contributed by atoms with van der Waals surface area (Å²) in [4.78, 5) is 34.2. The smallest absolute Gasteiger partial charge is 0.264 e. The number of aromatic nitrogens is 1. The van der Waals surface area contributed by atoms with E-state index in [9.17, 15) is 9.59 Å². The Bertz CT molecular complexity index is 1300. The number of anilines is 2. The fourth-order valence-corrected chi connectivity index (χ4v) is 5.14. The van der Waals surface area contributed by atoms with Gasteiger partial charge in [0.05, 0.1) is 22.5 Å². The zero-order valence-corrected chi connectivity index (χ0v) is 19.8. The molecule has 0 spiro atoms. The molecule has 0 radical (unpaired) electrons. The Hall–Kier alpha value is -3.71. The summed E-state index contributed by atoms with van der Waals surface area (Å²) in [5.74, 6) is 0.750. The van der Waals surface area contributed by atoms with Crippen molar-refractivity contribution < 1.29 is 14.3 Å². The Labute approximate surface area is 202 Å². The molecule has 1 fully saturated rings. The van der Waals surface area contributed by atoms with Crippen LogP contribution in [0, 0.1) is 0 Å². The average molecular weight is 472 g/mol. The van der Waals surface area contributed by atoms with E-state index in [4.69, 9.17) is 9.72 Å². The molecule has 0 aliphatic carbocycles. The maximum atomic E-state index is 13.9. The zero-order valence-electron chi connectivity index (χ0n) is 18.9. The summed E-state index contributed by atoms with van der Waals surface area (Å²) in [7, 11) is 0. The first-order chi connectivity index (χ1) is 16.6. The van der Waals surface area contributed by atoms with E-state index in [1.807, 2.05) is 84.6 Å². The van der Waals surface area contributed by atoms with Crippen LogP contribution in [-0.2, 0) is 11.3 Å². The Kier molecular flexibility index (Phi) is 6.27. The number of rotatable bonds is 7. The first kappa shape index (κ1) is 22.1. The molecular formula is C27H25N3O3S. The van der Waals surface area contributed by atoms with Crippen LogP contribution in [0.25, 0.3) is 10.2 Å². The molecule has 4 aromatic rings. The summed E-state index contributed by atoms with van der Waals surface area (Å²) in [6, 6.07) is 22.9. The number of benzene rings is 3. The Balaban J connectivity index is 1.51. The van der Waals surface area contributed by atoms with Gasteiger partial charge in [-0.05, 0) is 67.4 Å². The van der Waals surface area contributed by atoms with Gasteiger partial charge in [0, 0.05) is 25.1 Å². The van der Waals surface area contributed by atoms with Crippen LogP contribution in [0.5, 0.6) is 5.75 Å². The molecule has 6 nitrogen and oxygen atoms in total. The second-order valence-electron chi connectivity index (χ2n) is 8.15. The van der Waals surface area contributed by atoms with Gasteiger partial charge >= 0.3 is 0 Å². The maximum Gasteiger partial charge on any atom is 0.264 e. The Morgan fingerprint density at radius 2 is 1.91 bits per heavy atom. The fourth-order valence-electron chi connectivity index (χ4n) is 4.15. The molecule has 1 aliphatic rings. The molecule has 172 valence electrons. The summed E-state index contributed by atoms with van der Waals surface area (Å²) >= 11 is 1.48. The fraction of sp³-hybridized carbons (Fsp3) is 0.222. The molecule has 0 atom stereocenters. The van der Waals surface area contributed by atoms with E-state index >= 15 is 0 Å². The Morgan fingerprint density at radius 1 is 1.09 bits per heavy atom. The third kappa shape index (κ3) is 4.52. The number of ether oxygens (including phenoxy) is 1. The summed E-state index contributed by atoms with van der Waals surface area (Å²) in [6.07, 6.45) is 1.49. The molecule has 7 heteroatoms. The van der Waals surface area contributed by atoms with Crippen LogP contribution in [0.1, 0.15) is 35.7 Å². The quantitative estimate of drug-likeness (QED) is 0.342. The standard InChI is InChI=1S/C27H25N3O3S/c1-2-33-22-14-12-21(13-15-22)30(27-28-23-9-3-4-10-24(23)34-27)26(32)20-8-5-7-19(17-20)18-29-16-6-11-25(29)31/h3-5,7-10,12-15,17H,2,6,11,16,18H2,1H3. The van der Waals surface area contributed by atoms with Crippen molar-refractivity contribution in [3.63, 3.8) is 0 Å². The molecule has 0 N–H and O–H groups in total. The normalized spacial score (nSPS) is 13.4. The van der Waals surface area contributed by atoms with Crippen LogP contribution >= 0.6 is 11.3 Å². The minimum absolute atomic E-state index is 0.169. The number of para-hydroxylation sites is 1. The molecule has 1 aromatic heterocycles.